The van der Waals surface area contributed by atoms with Crippen molar-refractivity contribution in [2.75, 3.05) is 11.9 Å². The van der Waals surface area contributed by atoms with Crippen LogP contribution in [0.15, 0.2) is 18.2 Å². The molecule has 0 spiro atoms. The van der Waals surface area contributed by atoms with Crippen LogP contribution in [0.2, 0.25) is 0 Å². The molecule has 0 saturated heterocycles. The lowest BCUT2D eigenvalue weighted by Gasteiger charge is -2.35. The van der Waals surface area contributed by atoms with Crippen LogP contribution in [-0.2, 0) is 9.53 Å². The number of nitriles is 1. The third-order valence-electron chi connectivity index (χ3n) is 4.39. The van der Waals surface area contributed by atoms with Gasteiger partial charge in [0, 0.05) is 12.7 Å². The summed E-state index contributed by atoms with van der Waals surface area (Å²) in [4.78, 5) is 12.9. The molecule has 0 heterocycles. The average molecular weight is 344 g/mol. The zero-order valence-corrected chi connectivity index (χ0v) is 15.4. The van der Waals surface area contributed by atoms with Gasteiger partial charge in [-0.25, -0.2) is 0 Å². The van der Waals surface area contributed by atoms with Crippen molar-refractivity contribution in [1.82, 2.24) is 0 Å². The van der Waals surface area contributed by atoms with Crippen molar-refractivity contribution < 1.29 is 14.3 Å². The first-order valence-electron chi connectivity index (χ1n) is 9.17. The molecule has 0 atom stereocenters. The average Bonchev–Trinajstić information content (AvgIpc) is 2.61. The number of anilines is 1. The van der Waals surface area contributed by atoms with Crippen LogP contribution in [-0.4, -0.2) is 24.2 Å². The highest BCUT2D eigenvalue weighted by atomic mass is 16.5. The van der Waals surface area contributed by atoms with Crippen LogP contribution in [0.25, 0.3) is 0 Å². The summed E-state index contributed by atoms with van der Waals surface area (Å²) in [7, 11) is 0. The largest absolute Gasteiger partial charge is 0.491 e. The van der Waals surface area contributed by atoms with Gasteiger partial charge in [-0.15, -0.1) is 0 Å². The molecule has 1 aromatic rings. The van der Waals surface area contributed by atoms with Gasteiger partial charge in [-0.05, 0) is 45.2 Å². The second kappa shape index (κ2) is 8.87. The SMILES string of the molecule is CCCOC1(C(=O)Nc2ccc(OC(C)C)cc2C#N)CCCCC1. The van der Waals surface area contributed by atoms with Gasteiger partial charge in [-0.1, -0.05) is 26.2 Å². The van der Waals surface area contributed by atoms with Crippen molar-refractivity contribution in [1.29, 1.82) is 5.26 Å². The summed E-state index contributed by atoms with van der Waals surface area (Å²) in [5.41, 5.74) is 0.135. The van der Waals surface area contributed by atoms with E-state index in [1.807, 2.05) is 20.8 Å². The Labute approximate surface area is 150 Å². The van der Waals surface area contributed by atoms with Gasteiger partial charge in [-0.2, -0.15) is 5.26 Å². The summed E-state index contributed by atoms with van der Waals surface area (Å²) < 4.78 is 11.6. The monoisotopic (exact) mass is 344 g/mol. The Balaban J connectivity index is 2.18. The van der Waals surface area contributed by atoms with Crippen LogP contribution in [0, 0.1) is 11.3 Å². The van der Waals surface area contributed by atoms with Crippen molar-refractivity contribution >= 4 is 11.6 Å². The fourth-order valence-electron chi connectivity index (χ4n) is 3.16. The van der Waals surface area contributed by atoms with Crippen LogP contribution in [0.1, 0.15) is 64.9 Å². The Hall–Kier alpha value is -2.06. The number of carbonyl (C=O) groups excluding carboxylic acids is 1. The Kier molecular flexibility index (Phi) is 6.83. The highest BCUT2D eigenvalue weighted by Gasteiger charge is 2.40. The molecular weight excluding hydrogens is 316 g/mol. The van der Waals surface area contributed by atoms with Crippen molar-refractivity contribution in [2.45, 2.75) is 71.0 Å². The third-order valence-corrected chi connectivity index (χ3v) is 4.39. The van der Waals surface area contributed by atoms with E-state index in [0.717, 1.165) is 38.5 Å². The van der Waals surface area contributed by atoms with E-state index < -0.39 is 5.60 Å². The smallest absolute Gasteiger partial charge is 0.256 e. The van der Waals surface area contributed by atoms with E-state index in [2.05, 4.69) is 11.4 Å². The van der Waals surface area contributed by atoms with E-state index >= 15 is 0 Å². The molecule has 5 nitrogen and oxygen atoms in total. The normalized spacial score (nSPS) is 16.3. The molecule has 0 aromatic heterocycles. The highest BCUT2D eigenvalue weighted by Crippen LogP contribution is 2.34. The fourth-order valence-corrected chi connectivity index (χ4v) is 3.16. The number of carbonyl (C=O) groups is 1. The molecular formula is C20H28N2O3. The lowest BCUT2D eigenvalue weighted by molar-refractivity contribution is -0.146. The molecule has 1 saturated carbocycles. The van der Waals surface area contributed by atoms with Crippen LogP contribution < -0.4 is 10.1 Å². The number of rotatable bonds is 7. The molecule has 1 N–H and O–H groups in total. The number of nitrogens with zero attached hydrogens (tertiary/aromatic N) is 1. The standard InChI is InChI=1S/C20H28N2O3/c1-4-12-24-20(10-6-5-7-11-20)19(23)22-18-9-8-17(25-15(2)3)13-16(18)14-21/h8-9,13,15H,4-7,10-12H2,1-3H3,(H,22,23). The summed E-state index contributed by atoms with van der Waals surface area (Å²) in [6.45, 7) is 6.47. The topological polar surface area (TPSA) is 71.3 Å². The van der Waals surface area contributed by atoms with Crippen LogP contribution in [0.3, 0.4) is 0 Å². The summed E-state index contributed by atoms with van der Waals surface area (Å²) in [5, 5.41) is 12.3. The van der Waals surface area contributed by atoms with Crippen LogP contribution in [0.4, 0.5) is 5.69 Å². The predicted molar refractivity (Wildman–Crippen MR) is 97.6 cm³/mol. The maximum atomic E-state index is 12.9. The molecule has 0 unspecified atom stereocenters. The van der Waals surface area contributed by atoms with E-state index in [-0.39, 0.29) is 12.0 Å². The van der Waals surface area contributed by atoms with E-state index in [1.54, 1.807) is 18.2 Å². The molecule has 1 fully saturated rings. The Bertz CT molecular complexity index is 628. The number of hydrogen-bond donors (Lipinski definition) is 1. The van der Waals surface area contributed by atoms with Gasteiger partial charge >= 0.3 is 0 Å². The lowest BCUT2D eigenvalue weighted by Crippen LogP contribution is -2.47. The molecule has 1 amide bonds. The first-order valence-corrected chi connectivity index (χ1v) is 9.17. The molecule has 136 valence electrons. The zero-order chi connectivity index (χ0) is 18.3. The molecule has 25 heavy (non-hydrogen) atoms. The minimum absolute atomic E-state index is 0.0277. The van der Waals surface area contributed by atoms with Gasteiger partial charge in [0.25, 0.3) is 5.91 Å². The number of ether oxygens (including phenoxy) is 2. The minimum atomic E-state index is -0.770. The molecule has 0 radical (unpaired) electrons. The van der Waals surface area contributed by atoms with E-state index in [9.17, 15) is 10.1 Å². The lowest BCUT2D eigenvalue weighted by atomic mass is 9.83. The summed E-state index contributed by atoms with van der Waals surface area (Å²) >= 11 is 0. The number of benzene rings is 1. The van der Waals surface area contributed by atoms with E-state index in [4.69, 9.17) is 9.47 Å². The van der Waals surface area contributed by atoms with Gasteiger partial charge in [0.2, 0.25) is 0 Å². The number of hydrogen-bond acceptors (Lipinski definition) is 4. The van der Waals surface area contributed by atoms with Crippen molar-refractivity contribution in [3.05, 3.63) is 23.8 Å². The van der Waals surface area contributed by atoms with E-state index in [1.165, 1.54) is 0 Å². The van der Waals surface area contributed by atoms with Crippen molar-refractivity contribution in [2.24, 2.45) is 0 Å². The van der Waals surface area contributed by atoms with E-state index in [0.29, 0.717) is 23.6 Å². The predicted octanol–water partition coefficient (Wildman–Crippen LogP) is 4.41. The van der Waals surface area contributed by atoms with Gasteiger partial charge < -0.3 is 14.8 Å². The molecule has 0 aliphatic heterocycles. The molecule has 0 bridgehead atoms. The second-order valence-electron chi connectivity index (χ2n) is 6.84. The summed E-state index contributed by atoms with van der Waals surface area (Å²) in [6.07, 6.45) is 5.48. The van der Waals surface area contributed by atoms with Crippen LogP contribution in [0.5, 0.6) is 5.75 Å². The number of nitrogens with one attached hydrogen (secondary N) is 1. The van der Waals surface area contributed by atoms with Gasteiger partial charge in [0.15, 0.2) is 0 Å². The van der Waals surface area contributed by atoms with Gasteiger partial charge in [0.05, 0.1) is 17.4 Å². The molecule has 2 rings (SSSR count). The fraction of sp³-hybridized carbons (Fsp3) is 0.600. The van der Waals surface area contributed by atoms with Crippen molar-refractivity contribution in [3.63, 3.8) is 0 Å². The third kappa shape index (κ3) is 4.96. The quantitative estimate of drug-likeness (QED) is 0.795. The summed E-state index contributed by atoms with van der Waals surface area (Å²) in [5.74, 6) is 0.480. The molecule has 1 aromatic carbocycles. The maximum Gasteiger partial charge on any atom is 0.256 e. The zero-order valence-electron chi connectivity index (χ0n) is 15.4. The Morgan fingerprint density at radius 1 is 1.32 bits per heavy atom. The highest BCUT2D eigenvalue weighted by molar-refractivity contribution is 5.98. The Morgan fingerprint density at radius 2 is 2.04 bits per heavy atom. The van der Waals surface area contributed by atoms with Gasteiger partial charge in [0.1, 0.15) is 17.4 Å². The molecule has 5 heteroatoms. The second-order valence-corrected chi connectivity index (χ2v) is 6.84. The molecule has 1 aliphatic rings. The van der Waals surface area contributed by atoms with Gasteiger partial charge in [-0.3, -0.25) is 4.79 Å². The minimum Gasteiger partial charge on any atom is -0.491 e. The van der Waals surface area contributed by atoms with Crippen molar-refractivity contribution in [3.8, 4) is 11.8 Å². The maximum absolute atomic E-state index is 12.9. The summed E-state index contributed by atoms with van der Waals surface area (Å²) in [6, 6.07) is 7.30. The first-order chi connectivity index (χ1) is 12.0. The Morgan fingerprint density at radius 3 is 2.64 bits per heavy atom. The van der Waals surface area contributed by atoms with Crippen LogP contribution >= 0.6 is 0 Å². The number of amides is 1. The molecule has 1 aliphatic carbocycles. The first kappa shape index (κ1) is 19.3.